The van der Waals surface area contributed by atoms with Gasteiger partial charge in [0, 0.05) is 12.8 Å². The summed E-state index contributed by atoms with van der Waals surface area (Å²) < 4.78 is 0. The van der Waals surface area contributed by atoms with Crippen molar-refractivity contribution in [3.8, 4) is 0 Å². The first-order valence-corrected chi connectivity index (χ1v) is 10.8. The van der Waals surface area contributed by atoms with Crippen LogP contribution in [0.2, 0.25) is 0 Å². The second kappa shape index (κ2) is 15.9. The van der Waals surface area contributed by atoms with Gasteiger partial charge in [-0.15, -0.1) is 0 Å². The molecule has 0 amide bonds. The van der Waals surface area contributed by atoms with Gasteiger partial charge in [-0.25, -0.2) is 0 Å². The van der Waals surface area contributed by atoms with Crippen molar-refractivity contribution >= 4 is 11.8 Å². The summed E-state index contributed by atoms with van der Waals surface area (Å²) in [5, 5.41) is 37.9. The summed E-state index contributed by atoms with van der Waals surface area (Å²) in [6, 6.07) is 0. The summed E-state index contributed by atoms with van der Waals surface area (Å²) in [5.41, 5.74) is 3.21. The quantitative estimate of drug-likeness (QED) is 0.209. The Balaban J connectivity index is 3.68. The molecule has 0 radical (unpaired) electrons. The maximum atomic E-state index is 11.8. The molecule has 0 bridgehead atoms. The van der Waals surface area contributed by atoms with Crippen molar-refractivity contribution in [1.82, 2.24) is 0 Å². The molecule has 0 fully saturated rings. The number of aliphatic carboxylic acids is 1. The Morgan fingerprint density at radius 1 is 0.857 bits per heavy atom. The molecule has 0 aromatic heterocycles. The summed E-state index contributed by atoms with van der Waals surface area (Å²) in [4.78, 5) is 22.8. The van der Waals surface area contributed by atoms with E-state index in [9.17, 15) is 19.8 Å². The van der Waals surface area contributed by atoms with Crippen LogP contribution in [0.25, 0.3) is 0 Å². The highest BCUT2D eigenvalue weighted by Gasteiger charge is 2.44. The molecular formula is C21H41NO6. The minimum atomic E-state index is -2.25. The lowest BCUT2D eigenvalue weighted by molar-refractivity contribution is -0.155. The van der Waals surface area contributed by atoms with Crippen LogP contribution in [-0.2, 0) is 9.59 Å². The number of carbonyl (C=O) groups is 2. The number of rotatable bonds is 19. The maximum absolute atomic E-state index is 11.8. The van der Waals surface area contributed by atoms with E-state index in [0.29, 0.717) is 25.0 Å². The van der Waals surface area contributed by atoms with E-state index in [1.807, 2.05) is 0 Å². The molecule has 0 aliphatic rings. The highest BCUT2D eigenvalue weighted by molar-refractivity contribution is 5.79. The predicted octanol–water partition coefficient (Wildman–Crippen LogP) is 2.53. The average Bonchev–Trinajstić information content (AvgIpc) is 2.68. The first-order valence-electron chi connectivity index (χ1n) is 10.8. The van der Waals surface area contributed by atoms with Crippen LogP contribution in [0.4, 0.5) is 0 Å². The Bertz CT molecular complexity index is 431. The molecule has 0 spiro atoms. The molecule has 0 aliphatic carbocycles. The van der Waals surface area contributed by atoms with Crippen molar-refractivity contribution in [2.75, 3.05) is 6.61 Å². The Morgan fingerprint density at radius 2 is 1.32 bits per heavy atom. The number of Topliss-reactive ketones (excluding diaryl/α,β-unsaturated/α-hetero) is 1. The largest absolute Gasteiger partial charge is 0.480 e. The van der Waals surface area contributed by atoms with Gasteiger partial charge in [-0.2, -0.15) is 0 Å². The first-order chi connectivity index (χ1) is 13.3. The van der Waals surface area contributed by atoms with Gasteiger partial charge >= 0.3 is 5.97 Å². The van der Waals surface area contributed by atoms with E-state index in [1.54, 1.807) is 0 Å². The fourth-order valence-electron chi connectivity index (χ4n) is 3.22. The number of aliphatic hydroxyl groups excluding tert-OH is 3. The van der Waals surface area contributed by atoms with E-state index >= 15 is 0 Å². The molecule has 0 saturated heterocycles. The lowest BCUT2D eigenvalue weighted by Gasteiger charge is -2.31. The summed E-state index contributed by atoms with van der Waals surface area (Å²) >= 11 is 0. The number of ketones is 1. The van der Waals surface area contributed by atoms with E-state index in [-0.39, 0.29) is 6.42 Å². The summed E-state index contributed by atoms with van der Waals surface area (Å²) in [6.07, 6.45) is 9.79. The molecule has 28 heavy (non-hydrogen) atoms. The molecule has 3 unspecified atom stereocenters. The first kappa shape index (κ1) is 27.0. The highest BCUT2D eigenvalue weighted by Crippen LogP contribution is 2.17. The van der Waals surface area contributed by atoms with E-state index in [2.05, 4.69) is 6.92 Å². The van der Waals surface area contributed by atoms with Crippen LogP contribution in [0.1, 0.15) is 96.8 Å². The van der Waals surface area contributed by atoms with Gasteiger partial charge in [0.1, 0.15) is 11.9 Å². The molecule has 7 heteroatoms. The molecule has 0 saturated carbocycles. The molecule has 6 N–H and O–H groups in total. The molecule has 7 nitrogen and oxygen atoms in total. The van der Waals surface area contributed by atoms with Crippen LogP contribution in [0, 0.1) is 0 Å². The van der Waals surface area contributed by atoms with Crippen molar-refractivity contribution in [1.29, 1.82) is 0 Å². The monoisotopic (exact) mass is 403 g/mol. The van der Waals surface area contributed by atoms with Gasteiger partial charge in [-0.05, 0) is 19.3 Å². The summed E-state index contributed by atoms with van der Waals surface area (Å²) in [6.45, 7) is 1.23. The molecule has 0 heterocycles. The Labute approximate surface area is 169 Å². The van der Waals surface area contributed by atoms with Crippen molar-refractivity contribution in [3.63, 3.8) is 0 Å². The second-order valence-corrected chi connectivity index (χ2v) is 7.88. The van der Waals surface area contributed by atoms with E-state index in [4.69, 9.17) is 15.9 Å². The number of hydrogen-bond donors (Lipinski definition) is 5. The standard InChI is InChI=1S/C21H41NO6/c1-2-3-4-7-10-13-17(24)14-11-8-5-6-9-12-15-18(25)19(26)21(22,16-23)20(27)28/h18-19,23,25-26H,2-16,22H2,1H3,(H,27,28). The van der Waals surface area contributed by atoms with Crippen LogP contribution in [0.15, 0.2) is 0 Å². The van der Waals surface area contributed by atoms with E-state index in [1.165, 1.54) is 19.3 Å². The highest BCUT2D eigenvalue weighted by atomic mass is 16.4. The molecular weight excluding hydrogens is 362 g/mol. The topological polar surface area (TPSA) is 141 Å². The number of carbonyl (C=O) groups excluding carboxylic acids is 1. The van der Waals surface area contributed by atoms with Crippen molar-refractivity contribution < 1.29 is 30.0 Å². The Morgan fingerprint density at radius 3 is 1.79 bits per heavy atom. The lowest BCUT2D eigenvalue weighted by Crippen LogP contribution is -2.63. The molecule has 0 aliphatic heterocycles. The molecule has 166 valence electrons. The zero-order valence-electron chi connectivity index (χ0n) is 17.4. The normalized spacial score (nSPS) is 15.8. The zero-order chi connectivity index (χ0) is 21.4. The number of hydrogen-bond acceptors (Lipinski definition) is 6. The third-order valence-corrected chi connectivity index (χ3v) is 5.32. The molecule has 0 aromatic carbocycles. The zero-order valence-corrected chi connectivity index (χ0v) is 17.4. The smallest absolute Gasteiger partial charge is 0.328 e. The number of unbranched alkanes of at least 4 members (excludes halogenated alkanes) is 9. The van der Waals surface area contributed by atoms with Gasteiger partial charge in [0.2, 0.25) is 0 Å². The lowest BCUT2D eigenvalue weighted by atomic mass is 9.88. The SMILES string of the molecule is CCCCCCCC(=O)CCCCCCCCC(O)C(O)C(N)(CO)C(=O)O. The number of carboxylic acids is 1. The van der Waals surface area contributed by atoms with Crippen LogP contribution in [-0.4, -0.2) is 56.5 Å². The van der Waals surface area contributed by atoms with Gasteiger partial charge < -0.3 is 26.2 Å². The van der Waals surface area contributed by atoms with Crippen LogP contribution < -0.4 is 5.73 Å². The Kier molecular flexibility index (Phi) is 15.3. The van der Waals surface area contributed by atoms with Crippen molar-refractivity contribution in [2.45, 2.75) is 115 Å². The fourth-order valence-corrected chi connectivity index (χ4v) is 3.22. The van der Waals surface area contributed by atoms with E-state index < -0.39 is 30.3 Å². The van der Waals surface area contributed by atoms with Gasteiger partial charge in [-0.3, -0.25) is 9.59 Å². The number of carboxylic acid groups (broad SMARTS) is 1. The number of nitrogens with two attached hydrogens (primary N) is 1. The predicted molar refractivity (Wildman–Crippen MR) is 109 cm³/mol. The molecule has 3 atom stereocenters. The van der Waals surface area contributed by atoms with Gasteiger partial charge in [0.15, 0.2) is 5.54 Å². The summed E-state index contributed by atoms with van der Waals surface area (Å²) in [7, 11) is 0. The van der Waals surface area contributed by atoms with Crippen LogP contribution in [0.3, 0.4) is 0 Å². The van der Waals surface area contributed by atoms with Gasteiger partial charge in [0.05, 0.1) is 12.7 Å². The molecule has 0 aromatic rings. The fraction of sp³-hybridized carbons (Fsp3) is 0.905. The minimum absolute atomic E-state index is 0.226. The van der Waals surface area contributed by atoms with E-state index in [0.717, 1.165) is 44.9 Å². The van der Waals surface area contributed by atoms with Crippen molar-refractivity contribution in [3.05, 3.63) is 0 Å². The maximum Gasteiger partial charge on any atom is 0.328 e. The summed E-state index contributed by atoms with van der Waals surface area (Å²) in [5.74, 6) is -1.18. The van der Waals surface area contributed by atoms with Gasteiger partial charge in [-0.1, -0.05) is 64.7 Å². The van der Waals surface area contributed by atoms with Crippen molar-refractivity contribution in [2.24, 2.45) is 5.73 Å². The minimum Gasteiger partial charge on any atom is -0.480 e. The Hall–Kier alpha value is -1.02. The second-order valence-electron chi connectivity index (χ2n) is 7.88. The third kappa shape index (κ3) is 11.1. The third-order valence-electron chi connectivity index (χ3n) is 5.32. The van der Waals surface area contributed by atoms with Crippen LogP contribution in [0.5, 0.6) is 0 Å². The van der Waals surface area contributed by atoms with Crippen LogP contribution >= 0.6 is 0 Å². The number of aliphatic hydroxyl groups is 3. The molecule has 0 rings (SSSR count). The average molecular weight is 404 g/mol. The van der Waals surface area contributed by atoms with Gasteiger partial charge in [0.25, 0.3) is 0 Å².